The number of nitrogens with two attached hydrogens (primary N) is 1. The first kappa shape index (κ1) is 12.5. The van der Waals surface area contributed by atoms with Crippen molar-refractivity contribution in [3.63, 3.8) is 0 Å². The van der Waals surface area contributed by atoms with Gasteiger partial charge in [0.2, 0.25) is 0 Å². The zero-order valence-electron chi connectivity index (χ0n) is 10.8. The summed E-state index contributed by atoms with van der Waals surface area (Å²) in [5.74, 6) is 3.33. The summed E-state index contributed by atoms with van der Waals surface area (Å²) < 4.78 is 0. The van der Waals surface area contributed by atoms with E-state index in [-0.39, 0.29) is 0 Å². The van der Waals surface area contributed by atoms with Crippen LogP contribution in [0.5, 0.6) is 0 Å². The van der Waals surface area contributed by atoms with Crippen LogP contribution in [0.2, 0.25) is 0 Å². The minimum Gasteiger partial charge on any atom is -0.329 e. The van der Waals surface area contributed by atoms with E-state index in [9.17, 15) is 0 Å². The van der Waals surface area contributed by atoms with E-state index in [0.717, 1.165) is 12.5 Å². The molecule has 1 aliphatic carbocycles. The summed E-state index contributed by atoms with van der Waals surface area (Å²) in [5.41, 5.74) is 8.98. The third kappa shape index (κ3) is 2.73. The van der Waals surface area contributed by atoms with E-state index < -0.39 is 0 Å². The van der Waals surface area contributed by atoms with E-state index in [4.69, 9.17) is 5.73 Å². The lowest BCUT2D eigenvalue weighted by molar-refractivity contribution is 0.223. The number of rotatable bonds is 4. The molecule has 1 aliphatic heterocycles. The molecule has 1 aromatic carbocycles. The molecule has 1 heterocycles. The van der Waals surface area contributed by atoms with Gasteiger partial charge in [-0.05, 0) is 29.9 Å². The highest BCUT2D eigenvalue weighted by Crippen LogP contribution is 2.40. The largest absolute Gasteiger partial charge is 0.329 e. The Labute approximate surface area is 114 Å². The predicted molar refractivity (Wildman–Crippen MR) is 79.1 cm³/mol. The maximum Gasteiger partial charge on any atom is 0.0471 e. The van der Waals surface area contributed by atoms with Gasteiger partial charge in [0.15, 0.2) is 0 Å². The lowest BCUT2D eigenvalue weighted by Gasteiger charge is -2.34. The van der Waals surface area contributed by atoms with Crippen LogP contribution in [0.1, 0.15) is 35.9 Å². The Kier molecular flexibility index (Phi) is 3.92. The first-order valence-corrected chi connectivity index (χ1v) is 8.15. The average Bonchev–Trinajstić information content (AvgIpc) is 3.26. The van der Waals surface area contributed by atoms with Crippen LogP contribution >= 0.6 is 11.8 Å². The highest BCUT2D eigenvalue weighted by atomic mass is 32.2. The third-order valence-electron chi connectivity index (χ3n) is 4.05. The molecule has 2 N–H and O–H groups in total. The molecule has 1 unspecified atom stereocenters. The predicted octanol–water partition coefficient (Wildman–Crippen LogP) is 2.61. The van der Waals surface area contributed by atoms with Gasteiger partial charge in [-0.15, -0.1) is 0 Å². The lowest BCUT2D eigenvalue weighted by Crippen LogP contribution is -2.39. The Bertz CT molecular complexity index is 397. The van der Waals surface area contributed by atoms with Gasteiger partial charge in [-0.25, -0.2) is 0 Å². The Morgan fingerprint density at radius 1 is 1.28 bits per heavy atom. The molecule has 18 heavy (non-hydrogen) atoms. The second-order valence-corrected chi connectivity index (χ2v) is 6.57. The normalized spacial score (nSPS) is 22.9. The molecule has 2 nitrogen and oxygen atoms in total. The van der Waals surface area contributed by atoms with Crippen LogP contribution in [0.4, 0.5) is 0 Å². The number of hydrogen-bond acceptors (Lipinski definition) is 3. The van der Waals surface area contributed by atoms with Gasteiger partial charge >= 0.3 is 0 Å². The molecule has 3 heteroatoms. The van der Waals surface area contributed by atoms with E-state index in [1.807, 2.05) is 0 Å². The second-order valence-electron chi connectivity index (χ2n) is 5.34. The summed E-state index contributed by atoms with van der Waals surface area (Å²) in [6.45, 7) is 3.10. The average molecular weight is 262 g/mol. The van der Waals surface area contributed by atoms with Crippen molar-refractivity contribution in [2.45, 2.75) is 24.8 Å². The Balaban J connectivity index is 1.78. The van der Waals surface area contributed by atoms with Crippen molar-refractivity contribution < 1.29 is 0 Å². The van der Waals surface area contributed by atoms with Crippen molar-refractivity contribution in [3.8, 4) is 0 Å². The lowest BCUT2D eigenvalue weighted by atomic mass is 10.0. The van der Waals surface area contributed by atoms with Crippen LogP contribution in [0.3, 0.4) is 0 Å². The monoisotopic (exact) mass is 262 g/mol. The molecule has 1 aromatic rings. The van der Waals surface area contributed by atoms with Crippen molar-refractivity contribution in [2.24, 2.45) is 5.73 Å². The molecule has 0 spiro atoms. The minimum absolute atomic E-state index is 0.421. The maximum atomic E-state index is 6.03. The molecule has 2 aliphatic rings. The second kappa shape index (κ2) is 5.64. The van der Waals surface area contributed by atoms with Crippen LogP contribution in [-0.4, -0.2) is 36.0 Å². The summed E-state index contributed by atoms with van der Waals surface area (Å²) >= 11 is 2.06. The summed E-state index contributed by atoms with van der Waals surface area (Å²) in [5, 5.41) is 0. The number of hydrogen-bond donors (Lipinski definition) is 1. The van der Waals surface area contributed by atoms with Crippen molar-refractivity contribution in [3.05, 3.63) is 35.4 Å². The van der Waals surface area contributed by atoms with Gasteiger partial charge in [0.05, 0.1) is 0 Å². The van der Waals surface area contributed by atoms with E-state index >= 15 is 0 Å². The smallest absolute Gasteiger partial charge is 0.0471 e. The van der Waals surface area contributed by atoms with Gasteiger partial charge in [-0.2, -0.15) is 11.8 Å². The van der Waals surface area contributed by atoms with E-state index in [0.29, 0.717) is 6.04 Å². The Hall–Kier alpha value is -0.510. The van der Waals surface area contributed by atoms with Crippen molar-refractivity contribution in [1.29, 1.82) is 0 Å². The molecule has 0 aromatic heterocycles. The zero-order chi connectivity index (χ0) is 12.4. The molecule has 1 saturated carbocycles. The molecule has 1 saturated heterocycles. The molecular formula is C15H22N2S. The molecule has 0 amide bonds. The van der Waals surface area contributed by atoms with Crippen molar-refractivity contribution in [1.82, 2.24) is 4.90 Å². The van der Waals surface area contributed by atoms with E-state index in [2.05, 4.69) is 40.9 Å². The number of nitrogens with zero attached hydrogens (tertiary/aromatic N) is 1. The third-order valence-corrected chi connectivity index (χ3v) is 5.00. The zero-order valence-corrected chi connectivity index (χ0v) is 11.7. The van der Waals surface area contributed by atoms with Gasteiger partial charge in [-0.1, -0.05) is 24.3 Å². The number of benzene rings is 1. The Morgan fingerprint density at radius 2 is 2.06 bits per heavy atom. The molecule has 0 bridgehead atoms. The minimum atomic E-state index is 0.421. The first-order valence-electron chi connectivity index (χ1n) is 7.00. The molecule has 1 atom stereocenters. The van der Waals surface area contributed by atoms with Gasteiger partial charge in [-0.3, -0.25) is 4.90 Å². The summed E-state index contributed by atoms with van der Waals surface area (Å²) in [4.78, 5) is 2.56. The Morgan fingerprint density at radius 3 is 2.72 bits per heavy atom. The highest BCUT2D eigenvalue weighted by molar-refractivity contribution is 7.99. The first-order chi connectivity index (χ1) is 8.88. The van der Waals surface area contributed by atoms with E-state index in [1.165, 1.54) is 48.6 Å². The summed E-state index contributed by atoms with van der Waals surface area (Å²) in [6, 6.07) is 9.57. The quantitative estimate of drug-likeness (QED) is 0.904. The van der Waals surface area contributed by atoms with E-state index in [1.54, 1.807) is 0 Å². The van der Waals surface area contributed by atoms with Gasteiger partial charge in [0.1, 0.15) is 0 Å². The SMILES string of the molecule is NCC(c1cccc(C2CC2)c1)N1CCSCC1. The molecule has 2 fully saturated rings. The maximum absolute atomic E-state index is 6.03. The summed E-state index contributed by atoms with van der Waals surface area (Å²) in [6.07, 6.45) is 2.74. The van der Waals surface area contributed by atoms with Crippen LogP contribution < -0.4 is 5.73 Å². The van der Waals surface area contributed by atoms with Crippen molar-refractivity contribution >= 4 is 11.8 Å². The van der Waals surface area contributed by atoms with Gasteiger partial charge in [0, 0.05) is 37.2 Å². The molecule has 98 valence electrons. The fraction of sp³-hybridized carbons (Fsp3) is 0.600. The number of thioether (sulfide) groups is 1. The van der Waals surface area contributed by atoms with Gasteiger partial charge in [0.25, 0.3) is 0 Å². The van der Waals surface area contributed by atoms with Crippen LogP contribution in [0.25, 0.3) is 0 Å². The van der Waals surface area contributed by atoms with Crippen molar-refractivity contribution in [2.75, 3.05) is 31.1 Å². The topological polar surface area (TPSA) is 29.3 Å². The van der Waals surface area contributed by atoms with Crippen LogP contribution in [0, 0.1) is 0 Å². The van der Waals surface area contributed by atoms with Gasteiger partial charge < -0.3 is 5.73 Å². The summed E-state index contributed by atoms with van der Waals surface area (Å²) in [7, 11) is 0. The fourth-order valence-corrected chi connectivity index (χ4v) is 3.75. The fourth-order valence-electron chi connectivity index (χ4n) is 2.82. The molecular weight excluding hydrogens is 240 g/mol. The van der Waals surface area contributed by atoms with Crippen LogP contribution in [0.15, 0.2) is 24.3 Å². The molecule has 0 radical (unpaired) electrons. The highest BCUT2D eigenvalue weighted by Gasteiger charge is 2.26. The van der Waals surface area contributed by atoms with Crippen LogP contribution in [-0.2, 0) is 0 Å². The molecule has 3 rings (SSSR count). The standard InChI is InChI=1S/C15H22N2S/c16-11-15(17-6-8-18-9-7-17)14-3-1-2-13(10-14)12-4-5-12/h1-3,10,12,15H,4-9,11,16H2.